The van der Waals surface area contributed by atoms with E-state index in [1.54, 1.807) is 0 Å². The van der Waals surface area contributed by atoms with Gasteiger partial charge in [0.05, 0.1) is 72.6 Å². The van der Waals surface area contributed by atoms with Gasteiger partial charge in [-0.25, -0.2) is 9.97 Å². The van der Waals surface area contributed by atoms with Gasteiger partial charge in [-0.2, -0.15) is 0 Å². The number of rotatable bonds is 6. The molecular weight excluding hydrogens is 949 g/mol. The summed E-state index contributed by atoms with van der Waals surface area (Å²) in [5.74, 6) is 0.612. The zero-order valence-electron chi connectivity index (χ0n) is 42.1. The Morgan fingerprint density at radius 1 is 0.231 bits per heavy atom. The Morgan fingerprint density at radius 2 is 0.577 bits per heavy atom. The molecule has 0 saturated carbocycles. The largest absolute Gasteiger partial charge is 0.309 e. The third-order valence-electron chi connectivity index (χ3n) is 16.3. The van der Waals surface area contributed by atoms with Crippen LogP contribution >= 0.6 is 0 Å². The van der Waals surface area contributed by atoms with Crippen molar-refractivity contribution in [1.82, 2.24) is 28.2 Å². The predicted molar refractivity (Wildman–Crippen MR) is 325 cm³/mol. The lowest BCUT2D eigenvalue weighted by molar-refractivity contribution is 0.998. The number of benzene rings is 12. The van der Waals surface area contributed by atoms with Gasteiger partial charge in [-0.1, -0.05) is 188 Å². The zero-order chi connectivity index (χ0) is 51.0. The van der Waals surface area contributed by atoms with Crippen LogP contribution in [0.25, 0.3) is 154 Å². The van der Waals surface area contributed by atoms with Crippen LogP contribution in [0.15, 0.2) is 267 Å². The first-order valence-electron chi connectivity index (χ1n) is 26.6. The monoisotopic (exact) mass is 992 g/mol. The lowest BCUT2D eigenvalue weighted by atomic mass is 10.0. The fourth-order valence-electron chi connectivity index (χ4n) is 12.9. The molecule has 0 unspecified atom stereocenters. The molecule has 0 spiro atoms. The first kappa shape index (κ1) is 42.8. The number of para-hydroxylation sites is 6. The van der Waals surface area contributed by atoms with Crippen molar-refractivity contribution in [3.63, 3.8) is 0 Å². The third-order valence-corrected chi connectivity index (χ3v) is 16.3. The quantitative estimate of drug-likeness (QED) is 0.167. The van der Waals surface area contributed by atoms with E-state index in [-0.39, 0.29) is 0 Å². The summed E-state index contributed by atoms with van der Waals surface area (Å²) in [6.07, 6.45) is 0. The van der Waals surface area contributed by atoms with Crippen molar-refractivity contribution in [3.05, 3.63) is 267 Å². The molecule has 0 bridgehead atoms. The van der Waals surface area contributed by atoms with Gasteiger partial charge in [-0.15, -0.1) is 0 Å². The van der Waals surface area contributed by atoms with Crippen LogP contribution in [0.1, 0.15) is 0 Å². The Balaban J connectivity index is 0.979. The normalized spacial score (nSPS) is 12.1. The fourth-order valence-corrected chi connectivity index (χ4v) is 12.9. The van der Waals surface area contributed by atoms with Gasteiger partial charge in [0, 0.05) is 54.2 Å². The molecule has 362 valence electrons. The molecule has 6 heteroatoms. The highest BCUT2D eigenvalue weighted by atomic mass is 15.2. The molecule has 5 aromatic heterocycles. The maximum Gasteiger partial charge on any atom is 0.235 e. The molecule has 78 heavy (non-hydrogen) atoms. The first-order valence-corrected chi connectivity index (χ1v) is 26.6. The Hall–Kier alpha value is -10.6. The lowest BCUT2D eigenvalue weighted by Crippen LogP contribution is -2.04. The molecule has 0 radical (unpaired) electrons. The Labute approximate surface area is 447 Å². The van der Waals surface area contributed by atoms with Gasteiger partial charge < -0.3 is 13.7 Å². The second kappa shape index (κ2) is 16.5. The average molecular weight is 993 g/mol. The summed E-state index contributed by atoms with van der Waals surface area (Å²) < 4.78 is 9.70. The lowest BCUT2D eigenvalue weighted by Gasteiger charge is -2.17. The summed E-state index contributed by atoms with van der Waals surface area (Å²) >= 11 is 0. The highest BCUT2D eigenvalue weighted by Gasteiger charge is 2.25. The average Bonchev–Trinajstić information content (AvgIpc) is 4.35. The van der Waals surface area contributed by atoms with Crippen LogP contribution in [-0.4, -0.2) is 28.2 Å². The molecule has 0 aliphatic heterocycles. The van der Waals surface area contributed by atoms with Crippen LogP contribution in [-0.2, 0) is 0 Å². The van der Waals surface area contributed by atoms with E-state index < -0.39 is 0 Å². The van der Waals surface area contributed by atoms with Gasteiger partial charge in [0.1, 0.15) is 0 Å². The Morgan fingerprint density at radius 3 is 1.03 bits per heavy atom. The summed E-state index contributed by atoms with van der Waals surface area (Å²) in [5, 5.41) is 14.1. The second-order valence-electron chi connectivity index (χ2n) is 20.6. The molecule has 17 aromatic rings. The van der Waals surface area contributed by atoms with E-state index in [0.717, 1.165) is 116 Å². The Bertz CT molecular complexity index is 5020. The van der Waals surface area contributed by atoms with Crippen LogP contribution in [0.2, 0.25) is 0 Å². The number of nitrogens with zero attached hydrogens (tertiary/aromatic N) is 6. The maximum atomic E-state index is 5.61. The van der Waals surface area contributed by atoms with Crippen LogP contribution in [0.4, 0.5) is 0 Å². The first-order chi connectivity index (χ1) is 38.7. The van der Waals surface area contributed by atoms with Crippen molar-refractivity contribution < 1.29 is 0 Å². The topological polar surface area (TPSA) is 45.5 Å². The van der Waals surface area contributed by atoms with Crippen molar-refractivity contribution >= 4 is 109 Å². The Kier molecular flexibility index (Phi) is 9.03. The molecule has 6 nitrogen and oxygen atoms in total. The van der Waals surface area contributed by atoms with E-state index in [0.29, 0.717) is 5.95 Å². The summed E-state index contributed by atoms with van der Waals surface area (Å²) in [6.45, 7) is 0. The van der Waals surface area contributed by atoms with Crippen molar-refractivity contribution in [2.75, 3.05) is 0 Å². The summed E-state index contributed by atoms with van der Waals surface area (Å²) in [5.41, 5.74) is 15.9. The number of hydrogen-bond donors (Lipinski definition) is 0. The summed E-state index contributed by atoms with van der Waals surface area (Å²) in [4.78, 5) is 11.2. The standard InChI is InChI=1S/C72H44N6/c1-3-19-47-39-49(35-33-45(47)17-1)61-44-62(50-36-34-46-18-2-4-20-48(46)40-50)74-72(73-61)78-67-31-15-9-25-58(67)59-37-38-69-70(71(59)78)60-26-10-16-32-68(60)77(69)53-42-51(75-63-27-11-5-21-54(63)55-22-6-12-28-64(55)75)41-52(43-53)76-65-29-13-7-23-56(65)57-24-8-14-30-66(57)76/h1-44H. The molecule has 0 amide bonds. The molecule has 0 aliphatic rings. The van der Waals surface area contributed by atoms with Gasteiger partial charge in [0.15, 0.2) is 0 Å². The van der Waals surface area contributed by atoms with Crippen molar-refractivity contribution in [1.29, 1.82) is 0 Å². The van der Waals surface area contributed by atoms with Crippen molar-refractivity contribution in [2.45, 2.75) is 0 Å². The minimum Gasteiger partial charge on any atom is -0.309 e. The van der Waals surface area contributed by atoms with Gasteiger partial charge in [-0.3, -0.25) is 4.57 Å². The molecule has 0 aliphatic carbocycles. The van der Waals surface area contributed by atoms with Crippen LogP contribution in [0.3, 0.4) is 0 Å². The van der Waals surface area contributed by atoms with E-state index in [9.17, 15) is 0 Å². The predicted octanol–water partition coefficient (Wildman–Crippen LogP) is 18.5. The van der Waals surface area contributed by atoms with Crippen molar-refractivity contribution in [3.8, 4) is 45.5 Å². The second-order valence-corrected chi connectivity index (χ2v) is 20.6. The summed E-state index contributed by atoms with van der Waals surface area (Å²) in [6, 6.07) is 97.1. The van der Waals surface area contributed by atoms with Gasteiger partial charge in [0.25, 0.3) is 0 Å². The molecule has 17 rings (SSSR count). The fraction of sp³-hybridized carbons (Fsp3) is 0. The van der Waals surface area contributed by atoms with Crippen LogP contribution in [0, 0.1) is 0 Å². The third kappa shape index (κ3) is 6.25. The zero-order valence-corrected chi connectivity index (χ0v) is 42.1. The van der Waals surface area contributed by atoms with E-state index in [4.69, 9.17) is 9.97 Å². The summed E-state index contributed by atoms with van der Waals surface area (Å²) in [7, 11) is 0. The SMILES string of the molecule is c1ccc2cc(-c3cc(-c4ccc5ccccc5c4)nc(-n4c5ccccc5c5ccc6c(c7ccccc7n6-c6cc(-n7c8ccccc8c8ccccc87)cc(-n7c8ccccc8c8ccccc87)c6)c54)n3)ccc2c1. The molecule has 0 saturated heterocycles. The van der Waals surface area contributed by atoms with E-state index in [2.05, 4.69) is 285 Å². The van der Waals surface area contributed by atoms with E-state index >= 15 is 0 Å². The van der Waals surface area contributed by atoms with Gasteiger partial charge in [0.2, 0.25) is 5.95 Å². The van der Waals surface area contributed by atoms with Crippen molar-refractivity contribution in [2.24, 2.45) is 0 Å². The number of aromatic nitrogens is 6. The number of hydrogen-bond acceptors (Lipinski definition) is 2. The molecule has 0 atom stereocenters. The smallest absolute Gasteiger partial charge is 0.235 e. The minimum absolute atomic E-state index is 0.612. The highest BCUT2D eigenvalue weighted by Crippen LogP contribution is 2.44. The molecule has 0 fully saturated rings. The number of fused-ring (bicyclic) bond motifs is 15. The van der Waals surface area contributed by atoms with Crippen LogP contribution in [0.5, 0.6) is 0 Å². The van der Waals surface area contributed by atoms with Crippen LogP contribution < -0.4 is 0 Å². The molecule has 0 N–H and O–H groups in total. The van der Waals surface area contributed by atoms with E-state index in [1.165, 1.54) is 32.3 Å². The molecule has 5 heterocycles. The van der Waals surface area contributed by atoms with Gasteiger partial charge in [-0.05, 0) is 100 Å². The minimum atomic E-state index is 0.612. The molecular formula is C72H44N6. The maximum absolute atomic E-state index is 5.61. The van der Waals surface area contributed by atoms with Gasteiger partial charge >= 0.3 is 0 Å². The molecule has 12 aromatic carbocycles. The van der Waals surface area contributed by atoms with E-state index in [1.807, 2.05) is 0 Å². The highest BCUT2D eigenvalue weighted by molar-refractivity contribution is 6.26.